The molecule has 1 aromatic carbocycles. The van der Waals surface area contributed by atoms with Gasteiger partial charge in [0.2, 0.25) is 0 Å². The van der Waals surface area contributed by atoms with Gasteiger partial charge in [-0.05, 0) is 55.5 Å². The van der Waals surface area contributed by atoms with Crippen molar-refractivity contribution in [3.8, 4) is 5.75 Å². The molecule has 0 aliphatic heterocycles. The lowest BCUT2D eigenvalue weighted by molar-refractivity contribution is 0.318. The summed E-state index contributed by atoms with van der Waals surface area (Å²) in [5.74, 6) is 2.43. The number of nitrogens with one attached hydrogen (secondary N) is 1. The van der Waals surface area contributed by atoms with Gasteiger partial charge in [-0.3, -0.25) is 0 Å². The second kappa shape index (κ2) is 9.82. The van der Waals surface area contributed by atoms with E-state index in [1.807, 2.05) is 6.07 Å². The van der Waals surface area contributed by atoms with Gasteiger partial charge in [-0.1, -0.05) is 45.7 Å². The highest BCUT2D eigenvalue weighted by Gasteiger charge is 2.17. The van der Waals surface area contributed by atoms with Gasteiger partial charge in [-0.15, -0.1) is 0 Å². The maximum Gasteiger partial charge on any atom is 0.119 e. The first-order valence-corrected chi connectivity index (χ1v) is 8.04. The van der Waals surface area contributed by atoms with Crippen LogP contribution in [0.3, 0.4) is 0 Å². The molecule has 0 spiro atoms. The van der Waals surface area contributed by atoms with Gasteiger partial charge in [0.1, 0.15) is 5.75 Å². The standard InChI is InChI=1S/C18H31NO/c1-5-8-15(3)17(14-19-11-6-2)12-16-9-7-10-18(13-16)20-4/h7,9-10,13,15,17,19H,5-6,8,11-12,14H2,1-4H3. The van der Waals surface area contributed by atoms with Crippen LogP contribution in [0.25, 0.3) is 0 Å². The fourth-order valence-corrected chi connectivity index (χ4v) is 2.73. The second-order valence-corrected chi connectivity index (χ2v) is 5.79. The zero-order chi connectivity index (χ0) is 14.8. The minimum atomic E-state index is 0.702. The van der Waals surface area contributed by atoms with Crippen molar-refractivity contribution in [3.63, 3.8) is 0 Å². The molecule has 1 rings (SSSR count). The molecule has 114 valence electrons. The zero-order valence-electron chi connectivity index (χ0n) is 13.6. The highest BCUT2D eigenvalue weighted by Crippen LogP contribution is 2.23. The van der Waals surface area contributed by atoms with E-state index in [2.05, 4.69) is 44.3 Å². The van der Waals surface area contributed by atoms with Crippen LogP contribution in [0.1, 0.15) is 45.6 Å². The summed E-state index contributed by atoms with van der Waals surface area (Å²) < 4.78 is 5.33. The van der Waals surface area contributed by atoms with Crippen LogP contribution in [0.2, 0.25) is 0 Å². The minimum Gasteiger partial charge on any atom is -0.497 e. The third-order valence-electron chi connectivity index (χ3n) is 4.01. The Labute approximate surface area is 124 Å². The molecule has 2 unspecified atom stereocenters. The van der Waals surface area contributed by atoms with Crippen LogP contribution < -0.4 is 10.1 Å². The van der Waals surface area contributed by atoms with Crippen molar-refractivity contribution in [1.82, 2.24) is 5.32 Å². The Morgan fingerprint density at radius 2 is 2.00 bits per heavy atom. The monoisotopic (exact) mass is 277 g/mol. The molecule has 2 heteroatoms. The molecule has 0 saturated carbocycles. The molecule has 2 atom stereocenters. The van der Waals surface area contributed by atoms with E-state index in [1.165, 1.54) is 24.8 Å². The van der Waals surface area contributed by atoms with Crippen molar-refractivity contribution >= 4 is 0 Å². The average Bonchev–Trinajstić information content (AvgIpc) is 2.47. The van der Waals surface area contributed by atoms with Crippen molar-refractivity contribution in [3.05, 3.63) is 29.8 Å². The van der Waals surface area contributed by atoms with Gasteiger partial charge in [0, 0.05) is 0 Å². The molecule has 0 amide bonds. The van der Waals surface area contributed by atoms with Gasteiger partial charge in [0.15, 0.2) is 0 Å². The summed E-state index contributed by atoms with van der Waals surface area (Å²) >= 11 is 0. The molecule has 20 heavy (non-hydrogen) atoms. The number of rotatable bonds is 10. The van der Waals surface area contributed by atoms with E-state index >= 15 is 0 Å². The Kier molecular flexibility index (Phi) is 8.36. The van der Waals surface area contributed by atoms with Crippen molar-refractivity contribution in [1.29, 1.82) is 0 Å². The number of hydrogen-bond donors (Lipinski definition) is 1. The third-order valence-corrected chi connectivity index (χ3v) is 4.01. The Bertz CT molecular complexity index is 364. The van der Waals surface area contributed by atoms with Gasteiger partial charge < -0.3 is 10.1 Å². The first kappa shape index (κ1) is 17.0. The van der Waals surface area contributed by atoms with E-state index in [0.29, 0.717) is 5.92 Å². The Morgan fingerprint density at radius 1 is 1.20 bits per heavy atom. The molecule has 0 aliphatic rings. The quantitative estimate of drug-likeness (QED) is 0.644. The Balaban J connectivity index is 2.65. The maximum atomic E-state index is 5.33. The highest BCUT2D eigenvalue weighted by atomic mass is 16.5. The lowest BCUT2D eigenvalue weighted by Crippen LogP contribution is -2.29. The molecule has 1 N–H and O–H groups in total. The summed E-state index contributed by atoms with van der Waals surface area (Å²) in [6.45, 7) is 9.12. The Hall–Kier alpha value is -1.02. The summed E-state index contributed by atoms with van der Waals surface area (Å²) in [6.07, 6.45) is 4.91. The first-order valence-electron chi connectivity index (χ1n) is 8.04. The summed E-state index contributed by atoms with van der Waals surface area (Å²) in [5, 5.41) is 3.59. The van der Waals surface area contributed by atoms with Crippen LogP contribution in [0.4, 0.5) is 0 Å². The first-order chi connectivity index (χ1) is 9.71. The molecule has 0 fully saturated rings. The zero-order valence-corrected chi connectivity index (χ0v) is 13.6. The fourth-order valence-electron chi connectivity index (χ4n) is 2.73. The lowest BCUT2D eigenvalue weighted by atomic mass is 9.85. The maximum absolute atomic E-state index is 5.33. The largest absolute Gasteiger partial charge is 0.497 e. The van der Waals surface area contributed by atoms with Crippen LogP contribution in [0.5, 0.6) is 5.75 Å². The van der Waals surface area contributed by atoms with E-state index in [9.17, 15) is 0 Å². The van der Waals surface area contributed by atoms with Gasteiger partial charge >= 0.3 is 0 Å². The molecular weight excluding hydrogens is 246 g/mol. The van der Waals surface area contributed by atoms with E-state index in [1.54, 1.807) is 7.11 Å². The summed E-state index contributed by atoms with van der Waals surface area (Å²) in [6, 6.07) is 8.50. The molecule has 1 aromatic rings. The number of methoxy groups -OCH3 is 1. The smallest absolute Gasteiger partial charge is 0.119 e. The average molecular weight is 277 g/mol. The lowest BCUT2D eigenvalue weighted by Gasteiger charge is -2.24. The number of hydrogen-bond acceptors (Lipinski definition) is 2. The molecule has 0 bridgehead atoms. The highest BCUT2D eigenvalue weighted by molar-refractivity contribution is 5.28. The van der Waals surface area contributed by atoms with Crippen LogP contribution in [0, 0.1) is 11.8 Å². The van der Waals surface area contributed by atoms with Gasteiger partial charge in [0.25, 0.3) is 0 Å². The van der Waals surface area contributed by atoms with E-state index in [-0.39, 0.29) is 0 Å². The molecule has 0 aliphatic carbocycles. The summed E-state index contributed by atoms with van der Waals surface area (Å²) in [5.41, 5.74) is 1.38. The van der Waals surface area contributed by atoms with E-state index in [4.69, 9.17) is 4.74 Å². The Morgan fingerprint density at radius 3 is 2.65 bits per heavy atom. The summed E-state index contributed by atoms with van der Waals surface area (Å²) in [7, 11) is 1.74. The number of ether oxygens (including phenoxy) is 1. The molecule has 2 nitrogen and oxygen atoms in total. The predicted molar refractivity (Wildman–Crippen MR) is 87.4 cm³/mol. The van der Waals surface area contributed by atoms with E-state index in [0.717, 1.165) is 31.2 Å². The van der Waals surface area contributed by atoms with E-state index < -0.39 is 0 Å². The van der Waals surface area contributed by atoms with Crippen molar-refractivity contribution < 1.29 is 4.74 Å². The van der Waals surface area contributed by atoms with Crippen molar-refractivity contribution in [2.75, 3.05) is 20.2 Å². The molecule has 0 radical (unpaired) electrons. The molecule has 0 heterocycles. The topological polar surface area (TPSA) is 21.3 Å². The minimum absolute atomic E-state index is 0.702. The predicted octanol–water partition coefficient (Wildman–Crippen LogP) is 4.29. The van der Waals surface area contributed by atoms with Crippen LogP contribution >= 0.6 is 0 Å². The van der Waals surface area contributed by atoms with Gasteiger partial charge in [0.05, 0.1) is 7.11 Å². The van der Waals surface area contributed by atoms with Crippen molar-refractivity contribution in [2.45, 2.75) is 46.5 Å². The van der Waals surface area contributed by atoms with Gasteiger partial charge in [-0.25, -0.2) is 0 Å². The van der Waals surface area contributed by atoms with Crippen LogP contribution in [0.15, 0.2) is 24.3 Å². The fraction of sp³-hybridized carbons (Fsp3) is 0.667. The van der Waals surface area contributed by atoms with Crippen LogP contribution in [-0.2, 0) is 6.42 Å². The summed E-state index contributed by atoms with van der Waals surface area (Å²) in [4.78, 5) is 0. The third kappa shape index (κ3) is 5.96. The number of benzene rings is 1. The molecule has 0 aromatic heterocycles. The van der Waals surface area contributed by atoms with Crippen molar-refractivity contribution in [2.24, 2.45) is 11.8 Å². The molecule has 0 saturated heterocycles. The van der Waals surface area contributed by atoms with Gasteiger partial charge in [-0.2, -0.15) is 0 Å². The normalized spacial score (nSPS) is 14.0. The second-order valence-electron chi connectivity index (χ2n) is 5.79. The van der Waals surface area contributed by atoms with Crippen LogP contribution in [-0.4, -0.2) is 20.2 Å². The SMILES string of the molecule is CCCNCC(Cc1cccc(OC)c1)C(C)CCC. The molecular formula is C18H31NO.